The highest BCUT2D eigenvalue weighted by atomic mass is 28.4. The first kappa shape index (κ1) is 13.2. The Kier molecular flexibility index (Phi) is 4.01. The summed E-state index contributed by atoms with van der Waals surface area (Å²) in [5.74, 6) is 1.23. The molecule has 0 N–H and O–H groups in total. The van der Waals surface area contributed by atoms with E-state index in [2.05, 4.69) is 46.1 Å². The van der Waals surface area contributed by atoms with Crippen LogP contribution in [0, 0.1) is 24.9 Å². The van der Waals surface area contributed by atoms with E-state index in [4.69, 9.17) is 4.43 Å². The number of hydrogen-bond donors (Lipinski definition) is 0. The van der Waals surface area contributed by atoms with Crippen molar-refractivity contribution in [2.45, 2.75) is 45.8 Å². The number of hydrogen-bond acceptors (Lipinski definition) is 1. The van der Waals surface area contributed by atoms with Crippen LogP contribution in [-0.4, -0.2) is 14.9 Å². The van der Waals surface area contributed by atoms with Gasteiger partial charge in [0.25, 0.3) is 0 Å². The molecule has 5 radical (unpaired) electrons. The molecule has 1 heterocycles. The quantitative estimate of drug-likeness (QED) is 0.676. The predicted molar refractivity (Wildman–Crippen MR) is 66.0 cm³/mol. The lowest BCUT2D eigenvalue weighted by molar-refractivity contribution is 0.294. The smallest absolute Gasteiger partial charge is 0.192 e. The molecule has 0 aliphatic carbocycles. The molecule has 1 aliphatic rings. The summed E-state index contributed by atoms with van der Waals surface area (Å²) in [5, 5.41) is 4.57. The molecule has 0 spiro atoms. The van der Waals surface area contributed by atoms with Gasteiger partial charge >= 0.3 is 0 Å². The van der Waals surface area contributed by atoms with Crippen molar-refractivity contribution in [3.63, 3.8) is 0 Å². The standard InChI is InChI=1S/C12H22NOSi/c1-10-7-8-13-11(10)9-14-15(5,6)12(2,3)4/h7-8H,9H2,1-6H3. The summed E-state index contributed by atoms with van der Waals surface area (Å²) in [6, 6.07) is 1.08. The molecular weight excluding hydrogens is 202 g/mol. The molecule has 1 rings (SSSR count). The zero-order valence-electron chi connectivity index (χ0n) is 10.7. The van der Waals surface area contributed by atoms with Crippen LogP contribution in [0.5, 0.6) is 0 Å². The first-order valence-corrected chi connectivity index (χ1v) is 8.36. The Balaban J connectivity index is 2.42. The van der Waals surface area contributed by atoms with Crippen molar-refractivity contribution >= 4 is 8.32 Å². The van der Waals surface area contributed by atoms with E-state index in [9.17, 15) is 0 Å². The largest absolute Gasteiger partial charge is 0.415 e. The van der Waals surface area contributed by atoms with E-state index < -0.39 is 8.32 Å². The molecule has 0 aromatic rings. The van der Waals surface area contributed by atoms with Crippen molar-refractivity contribution in [1.82, 2.24) is 5.32 Å². The third kappa shape index (κ3) is 3.30. The molecule has 2 nitrogen and oxygen atoms in total. The fraction of sp³-hybridized carbons (Fsp3) is 0.667. The van der Waals surface area contributed by atoms with Crippen molar-refractivity contribution in [2.75, 3.05) is 6.61 Å². The summed E-state index contributed by atoms with van der Waals surface area (Å²) < 4.78 is 6.10. The molecule has 0 aromatic carbocycles. The Hall–Kier alpha value is 0.137. The van der Waals surface area contributed by atoms with Crippen LogP contribution >= 0.6 is 0 Å². The van der Waals surface area contributed by atoms with Gasteiger partial charge in [-0.3, -0.25) is 0 Å². The fourth-order valence-corrected chi connectivity index (χ4v) is 1.98. The average molecular weight is 224 g/mol. The minimum atomic E-state index is -1.62. The summed E-state index contributed by atoms with van der Waals surface area (Å²) in [4.78, 5) is 0. The van der Waals surface area contributed by atoms with Gasteiger partial charge in [-0.15, -0.1) is 0 Å². The van der Waals surface area contributed by atoms with Gasteiger partial charge in [0.15, 0.2) is 8.32 Å². The minimum Gasteiger partial charge on any atom is -0.415 e. The third-order valence-corrected chi connectivity index (χ3v) is 7.86. The Labute approximate surface area is 95.9 Å². The van der Waals surface area contributed by atoms with Crippen LogP contribution in [0.25, 0.3) is 0 Å². The van der Waals surface area contributed by atoms with E-state index in [0.29, 0.717) is 6.61 Å². The highest BCUT2D eigenvalue weighted by Crippen LogP contribution is 2.38. The van der Waals surface area contributed by atoms with Crippen molar-refractivity contribution in [1.29, 1.82) is 0 Å². The Bertz CT molecular complexity index is 210. The molecule has 15 heavy (non-hydrogen) atoms. The van der Waals surface area contributed by atoms with E-state index in [0.717, 1.165) is 6.04 Å². The third-order valence-electron chi connectivity index (χ3n) is 3.39. The highest BCUT2D eigenvalue weighted by molar-refractivity contribution is 6.74. The highest BCUT2D eigenvalue weighted by Gasteiger charge is 2.38. The molecule has 0 saturated carbocycles. The lowest BCUT2D eigenvalue weighted by Gasteiger charge is -2.37. The molecule has 1 fully saturated rings. The molecular formula is C12H22NOSi. The van der Waals surface area contributed by atoms with Crippen LogP contribution < -0.4 is 5.32 Å². The van der Waals surface area contributed by atoms with Crippen LogP contribution in [0.1, 0.15) is 27.7 Å². The lowest BCUT2D eigenvalue weighted by atomic mass is 10.1. The van der Waals surface area contributed by atoms with Gasteiger partial charge < -0.3 is 4.43 Å². The first-order valence-electron chi connectivity index (χ1n) is 5.45. The van der Waals surface area contributed by atoms with E-state index in [1.165, 1.54) is 5.92 Å². The van der Waals surface area contributed by atoms with Crippen molar-refractivity contribution < 1.29 is 4.43 Å². The summed E-state index contributed by atoms with van der Waals surface area (Å²) in [6.07, 6.45) is 2.03. The normalized spacial score (nSPS) is 21.2. The first-order chi connectivity index (χ1) is 6.74. The van der Waals surface area contributed by atoms with Gasteiger partial charge in [0.05, 0.1) is 12.6 Å². The maximum atomic E-state index is 6.10. The van der Waals surface area contributed by atoms with Gasteiger partial charge in [0.1, 0.15) is 0 Å². The Morgan fingerprint density at radius 3 is 2.33 bits per heavy atom. The minimum absolute atomic E-state index is 0.271. The molecule has 85 valence electrons. The summed E-state index contributed by atoms with van der Waals surface area (Å²) in [5.41, 5.74) is 0. The van der Waals surface area contributed by atoms with Crippen LogP contribution in [0.15, 0.2) is 0 Å². The van der Waals surface area contributed by atoms with Crippen LogP contribution in [0.4, 0.5) is 0 Å². The van der Waals surface area contributed by atoms with Gasteiger partial charge in [0.2, 0.25) is 0 Å². The average Bonchev–Trinajstić information content (AvgIpc) is 2.46. The number of nitrogens with zero attached hydrogens (tertiary/aromatic N) is 1. The fourth-order valence-electron chi connectivity index (χ4n) is 1.05. The molecule has 0 atom stereocenters. The van der Waals surface area contributed by atoms with Crippen molar-refractivity contribution in [2.24, 2.45) is 0 Å². The predicted octanol–water partition coefficient (Wildman–Crippen LogP) is 3.12. The van der Waals surface area contributed by atoms with Gasteiger partial charge in [0, 0.05) is 12.5 Å². The van der Waals surface area contributed by atoms with Crippen molar-refractivity contribution in [3.05, 3.63) is 24.9 Å². The maximum absolute atomic E-state index is 6.10. The van der Waals surface area contributed by atoms with E-state index in [-0.39, 0.29) is 5.04 Å². The topological polar surface area (TPSA) is 23.3 Å². The zero-order valence-corrected chi connectivity index (χ0v) is 11.7. The maximum Gasteiger partial charge on any atom is 0.192 e. The summed E-state index contributed by atoms with van der Waals surface area (Å²) in [6.45, 7) is 15.9. The van der Waals surface area contributed by atoms with Crippen LogP contribution in [-0.2, 0) is 4.43 Å². The molecule has 0 amide bonds. The van der Waals surface area contributed by atoms with Gasteiger partial charge in [-0.2, -0.15) is 0 Å². The van der Waals surface area contributed by atoms with Gasteiger partial charge in [-0.1, -0.05) is 27.7 Å². The van der Waals surface area contributed by atoms with Crippen molar-refractivity contribution in [3.8, 4) is 0 Å². The van der Waals surface area contributed by atoms with E-state index >= 15 is 0 Å². The SMILES string of the molecule is C[C]1[CH][CH][N][C]1CO[Si](C)(C)C(C)(C)C. The zero-order chi connectivity index (χ0) is 11.7. The molecule has 0 bridgehead atoms. The lowest BCUT2D eigenvalue weighted by Crippen LogP contribution is -2.42. The molecule has 1 aliphatic heterocycles. The number of rotatable bonds is 3. The summed E-state index contributed by atoms with van der Waals surface area (Å²) in [7, 11) is -1.62. The Morgan fingerprint density at radius 2 is 1.93 bits per heavy atom. The molecule has 0 unspecified atom stereocenters. The Morgan fingerprint density at radius 1 is 1.33 bits per heavy atom. The molecule has 0 aromatic heterocycles. The van der Waals surface area contributed by atoms with Crippen LogP contribution in [0.2, 0.25) is 18.1 Å². The van der Waals surface area contributed by atoms with Crippen LogP contribution in [0.3, 0.4) is 0 Å². The van der Waals surface area contributed by atoms with Gasteiger partial charge in [-0.05, 0) is 24.6 Å². The van der Waals surface area contributed by atoms with E-state index in [1.807, 2.05) is 13.0 Å². The second-order valence-electron chi connectivity index (χ2n) is 5.62. The summed E-state index contributed by atoms with van der Waals surface area (Å²) >= 11 is 0. The van der Waals surface area contributed by atoms with E-state index in [1.54, 1.807) is 0 Å². The molecule has 3 heteroatoms. The van der Waals surface area contributed by atoms with Gasteiger partial charge in [-0.25, -0.2) is 5.32 Å². The monoisotopic (exact) mass is 224 g/mol. The second-order valence-corrected chi connectivity index (χ2v) is 10.4. The molecule has 1 saturated heterocycles. The second kappa shape index (κ2) is 4.56.